The van der Waals surface area contributed by atoms with E-state index in [9.17, 15) is 9.59 Å². The van der Waals surface area contributed by atoms with Gasteiger partial charge in [-0.2, -0.15) is 0 Å². The van der Waals surface area contributed by atoms with Gasteiger partial charge < -0.3 is 14.6 Å². The van der Waals surface area contributed by atoms with E-state index in [1.54, 1.807) is 13.2 Å². The SMILES string of the molecule is COc1ccc2[nH]cc(C3CCN(C(=O)Cn4cnc5c(C)cccc5c4=O)CC3)c2c1. The first kappa shape index (κ1) is 20.3. The molecule has 7 heteroatoms. The Hall–Kier alpha value is -3.61. The van der Waals surface area contributed by atoms with Gasteiger partial charge in [-0.25, -0.2) is 4.98 Å². The van der Waals surface area contributed by atoms with Crippen molar-refractivity contribution >= 4 is 27.7 Å². The zero-order valence-electron chi connectivity index (χ0n) is 18.3. The molecule has 0 radical (unpaired) electrons. The molecule has 1 aliphatic rings. The van der Waals surface area contributed by atoms with Crippen molar-refractivity contribution in [2.45, 2.75) is 32.2 Å². The summed E-state index contributed by atoms with van der Waals surface area (Å²) in [5.41, 5.74) is 3.84. The Labute approximate surface area is 185 Å². The van der Waals surface area contributed by atoms with Gasteiger partial charge in [-0.3, -0.25) is 14.2 Å². The van der Waals surface area contributed by atoms with Crippen LogP contribution in [0, 0.1) is 6.92 Å². The van der Waals surface area contributed by atoms with E-state index in [0.29, 0.717) is 29.9 Å². The maximum absolute atomic E-state index is 12.9. The van der Waals surface area contributed by atoms with E-state index in [1.165, 1.54) is 21.8 Å². The van der Waals surface area contributed by atoms with Gasteiger partial charge in [-0.05, 0) is 61.1 Å². The molecule has 7 nitrogen and oxygen atoms in total. The second-order valence-corrected chi connectivity index (χ2v) is 8.46. The molecule has 2 aromatic carbocycles. The highest BCUT2D eigenvalue weighted by atomic mass is 16.5. The number of fused-ring (bicyclic) bond motifs is 2. The number of benzene rings is 2. The summed E-state index contributed by atoms with van der Waals surface area (Å²) in [6.07, 6.45) is 5.34. The van der Waals surface area contributed by atoms with Crippen LogP contribution in [0.4, 0.5) is 0 Å². The van der Waals surface area contributed by atoms with Crippen LogP contribution >= 0.6 is 0 Å². The molecule has 1 amide bonds. The number of para-hydroxylation sites is 1. The second kappa shape index (κ2) is 8.15. The Morgan fingerprint density at radius 3 is 2.78 bits per heavy atom. The summed E-state index contributed by atoms with van der Waals surface area (Å²) >= 11 is 0. The molecule has 1 N–H and O–H groups in total. The Morgan fingerprint density at radius 2 is 2.00 bits per heavy atom. The predicted octanol–water partition coefficient (Wildman–Crippen LogP) is 3.60. The van der Waals surface area contributed by atoms with Gasteiger partial charge in [-0.15, -0.1) is 0 Å². The van der Waals surface area contributed by atoms with E-state index in [-0.39, 0.29) is 18.0 Å². The first-order chi connectivity index (χ1) is 15.5. The number of carbonyl (C=O) groups is 1. The van der Waals surface area contributed by atoms with Crippen LogP contribution in [0.5, 0.6) is 5.75 Å². The van der Waals surface area contributed by atoms with Gasteiger partial charge in [0.25, 0.3) is 5.56 Å². The normalized spacial score (nSPS) is 14.9. The van der Waals surface area contributed by atoms with Crippen molar-refractivity contribution in [1.82, 2.24) is 19.4 Å². The minimum Gasteiger partial charge on any atom is -0.497 e. The van der Waals surface area contributed by atoms with Crippen LogP contribution in [0.3, 0.4) is 0 Å². The van der Waals surface area contributed by atoms with Crippen molar-refractivity contribution in [3.05, 3.63) is 70.4 Å². The monoisotopic (exact) mass is 430 g/mol. The summed E-state index contributed by atoms with van der Waals surface area (Å²) in [6, 6.07) is 11.6. The molecule has 1 saturated heterocycles. The Bertz CT molecular complexity index is 1360. The summed E-state index contributed by atoms with van der Waals surface area (Å²) in [5.74, 6) is 1.18. The van der Waals surface area contributed by atoms with Gasteiger partial charge >= 0.3 is 0 Å². The highest BCUT2D eigenvalue weighted by Crippen LogP contribution is 2.34. The molecule has 164 valence electrons. The van der Waals surface area contributed by atoms with Gasteiger partial charge in [-0.1, -0.05) is 12.1 Å². The summed E-state index contributed by atoms with van der Waals surface area (Å²) in [6.45, 7) is 3.30. The summed E-state index contributed by atoms with van der Waals surface area (Å²) in [5, 5.41) is 1.73. The van der Waals surface area contributed by atoms with Gasteiger partial charge in [0.15, 0.2) is 0 Å². The second-order valence-electron chi connectivity index (χ2n) is 8.46. The molecule has 0 spiro atoms. The molecular weight excluding hydrogens is 404 g/mol. The first-order valence-electron chi connectivity index (χ1n) is 10.9. The number of amides is 1. The minimum absolute atomic E-state index is 0.0185. The standard InChI is InChI=1S/C25H26N4O3/c1-16-4-3-5-19-24(16)27-15-29(25(19)31)14-23(30)28-10-8-17(9-11-28)21-13-26-22-7-6-18(32-2)12-20(21)22/h3-7,12-13,15,17,26H,8-11,14H2,1-2H3. The highest BCUT2D eigenvalue weighted by Gasteiger charge is 2.26. The topological polar surface area (TPSA) is 80.2 Å². The summed E-state index contributed by atoms with van der Waals surface area (Å²) in [4.78, 5) is 35.4. The number of carbonyl (C=O) groups excluding carboxylic acids is 1. The number of likely N-dealkylation sites (tertiary alicyclic amines) is 1. The summed E-state index contributed by atoms with van der Waals surface area (Å²) in [7, 11) is 1.68. The number of hydrogen-bond acceptors (Lipinski definition) is 4. The molecule has 0 unspecified atom stereocenters. The lowest BCUT2D eigenvalue weighted by Crippen LogP contribution is -2.41. The van der Waals surface area contributed by atoms with Crippen molar-refractivity contribution in [2.24, 2.45) is 0 Å². The molecule has 1 aliphatic heterocycles. The number of nitrogens with zero attached hydrogens (tertiary/aromatic N) is 3. The van der Waals surface area contributed by atoms with Crippen molar-refractivity contribution in [3.63, 3.8) is 0 Å². The van der Waals surface area contributed by atoms with Gasteiger partial charge in [0.1, 0.15) is 12.3 Å². The molecule has 3 heterocycles. The zero-order valence-corrected chi connectivity index (χ0v) is 18.3. The van der Waals surface area contributed by atoms with E-state index >= 15 is 0 Å². The molecule has 0 atom stereocenters. The fourth-order valence-corrected chi connectivity index (χ4v) is 4.72. The fourth-order valence-electron chi connectivity index (χ4n) is 4.72. The predicted molar refractivity (Wildman–Crippen MR) is 124 cm³/mol. The maximum atomic E-state index is 12.9. The number of hydrogen-bond donors (Lipinski definition) is 1. The van der Waals surface area contributed by atoms with Crippen molar-refractivity contribution in [2.75, 3.05) is 20.2 Å². The van der Waals surface area contributed by atoms with E-state index in [4.69, 9.17) is 4.74 Å². The maximum Gasteiger partial charge on any atom is 0.261 e. The molecule has 0 aliphatic carbocycles. The molecular formula is C25H26N4O3. The van der Waals surface area contributed by atoms with Crippen LogP contribution in [-0.2, 0) is 11.3 Å². The van der Waals surface area contributed by atoms with E-state index in [2.05, 4.69) is 22.2 Å². The number of piperidine rings is 1. The van der Waals surface area contributed by atoms with Crippen LogP contribution in [0.25, 0.3) is 21.8 Å². The van der Waals surface area contributed by atoms with Gasteiger partial charge in [0, 0.05) is 30.2 Å². The van der Waals surface area contributed by atoms with Crippen molar-refractivity contribution < 1.29 is 9.53 Å². The zero-order chi connectivity index (χ0) is 22.2. The number of rotatable bonds is 4. The third-order valence-electron chi connectivity index (χ3n) is 6.57. The minimum atomic E-state index is -0.172. The van der Waals surface area contributed by atoms with Gasteiger partial charge in [0.05, 0.1) is 24.3 Å². The molecule has 2 aromatic heterocycles. The van der Waals surface area contributed by atoms with Crippen molar-refractivity contribution in [1.29, 1.82) is 0 Å². The highest BCUT2D eigenvalue weighted by molar-refractivity contribution is 5.85. The van der Waals surface area contributed by atoms with Crippen molar-refractivity contribution in [3.8, 4) is 5.75 Å². The van der Waals surface area contributed by atoms with Gasteiger partial charge in [0.2, 0.25) is 5.91 Å². The Balaban J connectivity index is 1.29. The number of aryl methyl sites for hydroxylation is 1. The van der Waals surface area contributed by atoms with Crippen LogP contribution in [0.1, 0.15) is 29.9 Å². The Kier molecular flexibility index (Phi) is 5.17. The average Bonchev–Trinajstić information content (AvgIpc) is 3.24. The molecule has 0 saturated carbocycles. The number of aromatic amines is 1. The van der Waals surface area contributed by atoms with E-state index < -0.39 is 0 Å². The molecule has 5 rings (SSSR count). The largest absolute Gasteiger partial charge is 0.497 e. The third kappa shape index (κ3) is 3.53. The molecule has 1 fully saturated rings. The van der Waals surface area contributed by atoms with E-state index in [1.807, 2.05) is 36.1 Å². The van der Waals surface area contributed by atoms with Crippen LogP contribution in [-0.4, -0.2) is 45.5 Å². The lowest BCUT2D eigenvalue weighted by atomic mass is 9.89. The number of aromatic nitrogens is 3. The fraction of sp³-hybridized carbons (Fsp3) is 0.320. The number of methoxy groups -OCH3 is 1. The third-order valence-corrected chi connectivity index (χ3v) is 6.57. The van der Waals surface area contributed by atoms with Crippen LogP contribution in [0.15, 0.2) is 53.7 Å². The molecule has 0 bridgehead atoms. The molecule has 32 heavy (non-hydrogen) atoms. The quantitative estimate of drug-likeness (QED) is 0.536. The number of H-pyrrole nitrogens is 1. The lowest BCUT2D eigenvalue weighted by molar-refractivity contribution is -0.132. The van der Waals surface area contributed by atoms with Crippen LogP contribution in [0.2, 0.25) is 0 Å². The summed E-state index contributed by atoms with van der Waals surface area (Å²) < 4.78 is 6.80. The number of ether oxygens (including phenoxy) is 1. The van der Waals surface area contributed by atoms with E-state index in [0.717, 1.165) is 29.7 Å². The molecule has 4 aromatic rings. The van der Waals surface area contributed by atoms with Crippen LogP contribution < -0.4 is 10.3 Å². The Morgan fingerprint density at radius 1 is 1.19 bits per heavy atom. The number of nitrogens with one attached hydrogen (secondary N) is 1. The average molecular weight is 431 g/mol. The smallest absolute Gasteiger partial charge is 0.261 e. The first-order valence-corrected chi connectivity index (χ1v) is 10.9. The lowest BCUT2D eigenvalue weighted by Gasteiger charge is -2.32.